The summed E-state index contributed by atoms with van der Waals surface area (Å²) in [6, 6.07) is 81.0. The van der Waals surface area contributed by atoms with Crippen LogP contribution in [0, 0.1) is 0 Å². The lowest BCUT2D eigenvalue weighted by atomic mass is 9.67. The molecule has 0 saturated heterocycles. The van der Waals surface area contributed by atoms with Gasteiger partial charge in [-0.2, -0.15) is 0 Å². The Bertz CT molecular complexity index is 3140. The van der Waals surface area contributed by atoms with Gasteiger partial charge in [-0.25, -0.2) is 9.97 Å². The maximum Gasteiger partial charge on any atom is 0.161 e. The Morgan fingerprint density at radius 1 is 0.383 bits per heavy atom. The molecule has 280 valence electrons. The summed E-state index contributed by atoms with van der Waals surface area (Å²) in [6.07, 6.45) is 0. The van der Waals surface area contributed by atoms with Gasteiger partial charge in [0.05, 0.1) is 28.2 Å². The summed E-state index contributed by atoms with van der Waals surface area (Å²) < 4.78 is 0. The van der Waals surface area contributed by atoms with Gasteiger partial charge >= 0.3 is 0 Å². The van der Waals surface area contributed by atoms with Crippen molar-refractivity contribution in [1.82, 2.24) is 9.97 Å². The number of aromatic nitrogens is 2. The van der Waals surface area contributed by atoms with E-state index < -0.39 is 5.41 Å². The van der Waals surface area contributed by atoms with Gasteiger partial charge in [-0.1, -0.05) is 194 Å². The van der Waals surface area contributed by atoms with Crippen molar-refractivity contribution < 1.29 is 0 Å². The third-order valence-electron chi connectivity index (χ3n) is 12.5. The summed E-state index contributed by atoms with van der Waals surface area (Å²) in [5.74, 6) is 0.703. The summed E-state index contributed by atoms with van der Waals surface area (Å²) in [5, 5.41) is 2.30. The minimum absolute atomic E-state index is 0.514. The van der Waals surface area contributed by atoms with Crippen molar-refractivity contribution in [1.29, 1.82) is 0 Å². The lowest BCUT2D eigenvalue weighted by molar-refractivity contribution is 0.768. The second kappa shape index (κ2) is 13.6. The lowest BCUT2D eigenvalue weighted by Gasteiger charge is -2.37. The molecule has 1 aromatic heterocycles. The summed E-state index contributed by atoms with van der Waals surface area (Å²) in [5.41, 5.74) is 17.8. The third-order valence-corrected chi connectivity index (χ3v) is 12.5. The summed E-state index contributed by atoms with van der Waals surface area (Å²) in [6.45, 7) is 0. The SMILES string of the molecule is c1ccc(-c2cc(-c3ccccc3)nc(-c3ccc4c5c(cccc35)N(c3ccccc3)c3c-4ccc4c3-c3ccccc3C4(c3ccccc3)c3ccccc3)n2)cc1. The molecule has 3 nitrogen and oxygen atoms in total. The van der Waals surface area contributed by atoms with E-state index in [0.29, 0.717) is 5.82 Å². The number of hydrogen-bond donors (Lipinski definition) is 0. The van der Waals surface area contributed by atoms with E-state index in [1.54, 1.807) is 0 Å². The van der Waals surface area contributed by atoms with E-state index >= 15 is 0 Å². The summed E-state index contributed by atoms with van der Waals surface area (Å²) in [7, 11) is 0. The minimum Gasteiger partial charge on any atom is -0.309 e. The molecule has 60 heavy (non-hydrogen) atoms. The Labute approximate surface area is 349 Å². The standard InChI is InChI=1S/C57H37N3/c1-6-19-38(20-7-1)50-37-51(39-21-8-2-9-22-39)59-56(58-50)46-34-33-44-45-35-36-49-54(55(45)60(42-27-14-5-15-28-42)52-32-18-30-43(46)53(44)52)47-29-16-17-31-48(47)57(49,40-23-10-3-11-24-40)41-25-12-4-13-26-41/h1-37H. The molecule has 0 N–H and O–H groups in total. The summed E-state index contributed by atoms with van der Waals surface area (Å²) >= 11 is 0. The van der Waals surface area contributed by atoms with Gasteiger partial charge in [-0.3, -0.25) is 0 Å². The Kier molecular flexibility index (Phi) is 7.76. The second-order valence-electron chi connectivity index (χ2n) is 15.6. The molecular weight excluding hydrogens is 727 g/mol. The summed E-state index contributed by atoms with van der Waals surface area (Å²) in [4.78, 5) is 13.1. The van der Waals surface area contributed by atoms with Crippen LogP contribution < -0.4 is 4.90 Å². The molecule has 0 fully saturated rings. The highest BCUT2D eigenvalue weighted by molar-refractivity contribution is 6.19. The third kappa shape index (κ3) is 5.03. The molecule has 1 aliphatic heterocycles. The highest BCUT2D eigenvalue weighted by Gasteiger charge is 2.48. The molecule has 2 heterocycles. The Balaban J connectivity index is 1.16. The van der Waals surface area contributed by atoms with Gasteiger partial charge in [0.1, 0.15) is 0 Å². The van der Waals surface area contributed by atoms with Crippen LogP contribution in [0.5, 0.6) is 0 Å². The van der Waals surface area contributed by atoms with Crippen molar-refractivity contribution in [2.45, 2.75) is 5.41 Å². The van der Waals surface area contributed by atoms with Crippen molar-refractivity contribution >= 4 is 27.8 Å². The molecule has 0 bridgehead atoms. The number of hydrogen-bond acceptors (Lipinski definition) is 3. The Hall–Kier alpha value is -7.88. The van der Waals surface area contributed by atoms with Gasteiger partial charge in [-0.15, -0.1) is 0 Å². The largest absolute Gasteiger partial charge is 0.309 e. The van der Waals surface area contributed by atoms with Crippen LogP contribution in [0.25, 0.3) is 66.9 Å². The predicted molar refractivity (Wildman–Crippen MR) is 247 cm³/mol. The van der Waals surface area contributed by atoms with Gasteiger partial charge in [-0.05, 0) is 69.1 Å². The quantitative estimate of drug-likeness (QED) is 0.169. The van der Waals surface area contributed by atoms with Crippen LogP contribution in [0.1, 0.15) is 22.3 Å². The second-order valence-corrected chi connectivity index (χ2v) is 15.6. The van der Waals surface area contributed by atoms with Crippen LogP contribution in [-0.4, -0.2) is 9.97 Å². The fraction of sp³-hybridized carbons (Fsp3) is 0.0175. The zero-order valence-corrected chi connectivity index (χ0v) is 32.7. The highest BCUT2D eigenvalue weighted by Crippen LogP contribution is 2.63. The molecule has 3 heteroatoms. The van der Waals surface area contributed by atoms with E-state index in [1.165, 1.54) is 55.6 Å². The van der Waals surface area contributed by atoms with E-state index in [0.717, 1.165) is 44.8 Å². The van der Waals surface area contributed by atoms with Gasteiger partial charge in [0.2, 0.25) is 0 Å². The first kappa shape index (κ1) is 34.2. The number of fused-ring (bicyclic) bond motifs is 6. The fourth-order valence-electron chi connectivity index (χ4n) is 10.0. The smallest absolute Gasteiger partial charge is 0.161 e. The van der Waals surface area contributed by atoms with Crippen molar-refractivity contribution in [3.05, 3.63) is 247 Å². The maximum absolute atomic E-state index is 5.30. The van der Waals surface area contributed by atoms with Crippen LogP contribution in [0.3, 0.4) is 0 Å². The van der Waals surface area contributed by atoms with Crippen molar-refractivity contribution in [2.24, 2.45) is 0 Å². The normalized spacial score (nSPS) is 13.1. The molecule has 12 rings (SSSR count). The molecule has 1 aliphatic carbocycles. The number of benzene rings is 9. The molecule has 9 aromatic carbocycles. The number of nitrogens with zero attached hydrogens (tertiary/aromatic N) is 3. The number of para-hydroxylation sites is 1. The zero-order valence-electron chi connectivity index (χ0n) is 32.7. The van der Waals surface area contributed by atoms with E-state index in [2.05, 4.69) is 217 Å². The average molecular weight is 764 g/mol. The van der Waals surface area contributed by atoms with Crippen LogP contribution in [0.15, 0.2) is 224 Å². The highest BCUT2D eigenvalue weighted by atomic mass is 15.2. The van der Waals surface area contributed by atoms with Crippen LogP contribution in [-0.2, 0) is 5.41 Å². The number of rotatable bonds is 6. The molecule has 0 atom stereocenters. The predicted octanol–water partition coefficient (Wildman–Crippen LogP) is 14.4. The molecule has 0 radical (unpaired) electrons. The molecule has 0 amide bonds. The number of anilines is 3. The zero-order chi connectivity index (χ0) is 39.6. The van der Waals surface area contributed by atoms with Gasteiger partial charge < -0.3 is 4.90 Å². The Morgan fingerprint density at radius 2 is 0.917 bits per heavy atom. The Morgan fingerprint density at radius 3 is 1.55 bits per heavy atom. The molecule has 10 aromatic rings. The van der Waals surface area contributed by atoms with Crippen LogP contribution in [0.4, 0.5) is 17.1 Å². The van der Waals surface area contributed by atoms with E-state index in [9.17, 15) is 0 Å². The minimum atomic E-state index is -0.514. The molecule has 0 spiro atoms. The topological polar surface area (TPSA) is 29.0 Å². The van der Waals surface area contributed by atoms with Crippen molar-refractivity contribution in [3.63, 3.8) is 0 Å². The van der Waals surface area contributed by atoms with Crippen LogP contribution in [0.2, 0.25) is 0 Å². The first-order valence-electron chi connectivity index (χ1n) is 20.6. The van der Waals surface area contributed by atoms with Gasteiger partial charge in [0, 0.05) is 38.9 Å². The molecular formula is C57H37N3. The first-order chi connectivity index (χ1) is 29.8. The lowest BCUT2D eigenvalue weighted by Crippen LogP contribution is -2.28. The van der Waals surface area contributed by atoms with Crippen molar-refractivity contribution in [3.8, 4) is 56.2 Å². The van der Waals surface area contributed by atoms with Gasteiger partial charge in [0.25, 0.3) is 0 Å². The fourth-order valence-corrected chi connectivity index (χ4v) is 10.0. The van der Waals surface area contributed by atoms with E-state index in [1.807, 2.05) is 12.1 Å². The molecule has 0 saturated carbocycles. The van der Waals surface area contributed by atoms with E-state index in [4.69, 9.17) is 9.97 Å². The monoisotopic (exact) mass is 763 g/mol. The molecule has 2 aliphatic rings. The van der Waals surface area contributed by atoms with Gasteiger partial charge in [0.15, 0.2) is 5.82 Å². The maximum atomic E-state index is 5.30. The first-order valence-corrected chi connectivity index (χ1v) is 20.6. The van der Waals surface area contributed by atoms with E-state index in [-0.39, 0.29) is 0 Å². The van der Waals surface area contributed by atoms with Crippen LogP contribution >= 0.6 is 0 Å². The van der Waals surface area contributed by atoms with Crippen molar-refractivity contribution in [2.75, 3.05) is 4.90 Å². The molecule has 0 unspecified atom stereocenters. The average Bonchev–Trinajstić information content (AvgIpc) is 3.64.